The third-order valence-electron chi connectivity index (χ3n) is 4.78. The van der Waals surface area contributed by atoms with Crippen molar-refractivity contribution in [3.63, 3.8) is 0 Å². The first kappa shape index (κ1) is 4.76. The summed E-state index contributed by atoms with van der Waals surface area (Å²) in [6, 6.07) is 0. The van der Waals surface area contributed by atoms with Crippen LogP contribution in [0.25, 0.3) is 0 Å². The molecule has 7 atom stereocenters. The van der Waals surface area contributed by atoms with E-state index < -0.39 is 0 Å². The van der Waals surface area contributed by atoms with Crippen LogP contribution in [-0.4, -0.2) is 11.2 Å². The molecule has 54 valence electrons. The summed E-state index contributed by atoms with van der Waals surface area (Å²) < 4.78 is 0. The van der Waals surface area contributed by atoms with Crippen LogP contribution in [0.2, 0.25) is 0 Å². The lowest BCUT2D eigenvalue weighted by atomic mass is 9.61. The van der Waals surface area contributed by atoms with Crippen LogP contribution in [0.15, 0.2) is 0 Å². The van der Waals surface area contributed by atoms with Gasteiger partial charge < -0.3 is 5.11 Å². The molecule has 5 saturated carbocycles. The van der Waals surface area contributed by atoms with Crippen LogP contribution in [0.5, 0.6) is 0 Å². The molecule has 0 spiro atoms. The maximum Gasteiger partial charge on any atom is 0.0574 e. The van der Waals surface area contributed by atoms with Crippen LogP contribution in [0.1, 0.15) is 12.8 Å². The molecule has 10 heavy (non-hydrogen) atoms. The highest BCUT2D eigenvalue weighted by Gasteiger charge is 2.78. The highest BCUT2D eigenvalue weighted by molar-refractivity contribution is 5.26. The predicted octanol–water partition coefficient (Wildman–Crippen LogP) is 0.879. The monoisotopic (exact) mass is 136 g/mol. The molecule has 1 heteroatoms. The Morgan fingerprint density at radius 2 is 1.40 bits per heavy atom. The Morgan fingerprint density at radius 1 is 0.800 bits per heavy atom. The zero-order valence-electron chi connectivity index (χ0n) is 5.90. The minimum Gasteiger partial charge on any atom is -0.393 e. The highest BCUT2D eigenvalue weighted by atomic mass is 16.3. The first-order chi connectivity index (χ1) is 4.88. The molecule has 5 rings (SSSR count). The van der Waals surface area contributed by atoms with Crippen LogP contribution in [-0.2, 0) is 0 Å². The number of hydrogen-bond acceptors (Lipinski definition) is 1. The molecular weight excluding hydrogens is 124 g/mol. The minimum atomic E-state index is 0.106. The molecule has 0 radical (unpaired) electrons. The van der Waals surface area contributed by atoms with Gasteiger partial charge in [0.05, 0.1) is 6.10 Å². The average molecular weight is 136 g/mol. The first-order valence-electron chi connectivity index (χ1n) is 4.56. The fourth-order valence-electron chi connectivity index (χ4n) is 4.53. The fraction of sp³-hybridized carbons (Fsp3) is 1.00. The van der Waals surface area contributed by atoms with E-state index in [0.29, 0.717) is 0 Å². The van der Waals surface area contributed by atoms with Crippen molar-refractivity contribution in [1.82, 2.24) is 0 Å². The Balaban J connectivity index is 1.87. The van der Waals surface area contributed by atoms with Gasteiger partial charge in [-0.25, -0.2) is 0 Å². The van der Waals surface area contributed by atoms with Crippen molar-refractivity contribution in [2.75, 3.05) is 0 Å². The summed E-state index contributed by atoms with van der Waals surface area (Å²) in [5, 5.41) is 9.61. The molecule has 0 saturated heterocycles. The molecule has 0 heterocycles. The van der Waals surface area contributed by atoms with Crippen LogP contribution in [0, 0.1) is 35.5 Å². The van der Waals surface area contributed by atoms with Crippen LogP contribution in [0.3, 0.4) is 0 Å². The van der Waals surface area contributed by atoms with E-state index in [-0.39, 0.29) is 6.10 Å². The molecule has 1 N–H and O–H groups in total. The Hall–Kier alpha value is -0.0400. The van der Waals surface area contributed by atoms with Crippen molar-refractivity contribution in [2.45, 2.75) is 18.9 Å². The van der Waals surface area contributed by atoms with E-state index in [2.05, 4.69) is 0 Å². The Morgan fingerprint density at radius 3 is 1.90 bits per heavy atom. The summed E-state index contributed by atoms with van der Waals surface area (Å²) in [7, 11) is 0. The molecule has 5 fully saturated rings. The summed E-state index contributed by atoms with van der Waals surface area (Å²) in [5.41, 5.74) is 0. The highest BCUT2D eigenvalue weighted by Crippen LogP contribution is 2.82. The molecule has 0 aromatic rings. The second kappa shape index (κ2) is 1.08. The van der Waals surface area contributed by atoms with Gasteiger partial charge in [0.15, 0.2) is 0 Å². The van der Waals surface area contributed by atoms with Crippen molar-refractivity contribution in [2.24, 2.45) is 35.5 Å². The van der Waals surface area contributed by atoms with Crippen molar-refractivity contribution < 1.29 is 5.11 Å². The van der Waals surface area contributed by atoms with Gasteiger partial charge in [-0.05, 0) is 48.3 Å². The van der Waals surface area contributed by atoms with Crippen LogP contribution in [0.4, 0.5) is 0 Å². The van der Waals surface area contributed by atoms with E-state index in [0.717, 1.165) is 41.9 Å². The van der Waals surface area contributed by atoms with Crippen LogP contribution >= 0.6 is 0 Å². The SMILES string of the molecule is O[C@H]1C[C@@H]2C3C4C3[C@@H]2C[C@H]41. The van der Waals surface area contributed by atoms with E-state index in [4.69, 9.17) is 0 Å². The van der Waals surface area contributed by atoms with E-state index >= 15 is 0 Å². The van der Waals surface area contributed by atoms with Crippen molar-refractivity contribution >= 4 is 0 Å². The van der Waals surface area contributed by atoms with Gasteiger partial charge in [0.25, 0.3) is 0 Å². The zero-order chi connectivity index (χ0) is 6.46. The maximum absolute atomic E-state index is 9.61. The normalized spacial score (nSPS) is 80.7. The van der Waals surface area contributed by atoms with Crippen molar-refractivity contribution in [3.8, 4) is 0 Å². The number of aliphatic hydroxyl groups is 1. The van der Waals surface area contributed by atoms with Gasteiger partial charge in [-0.1, -0.05) is 0 Å². The number of rotatable bonds is 0. The second-order valence-electron chi connectivity index (χ2n) is 4.76. The quantitative estimate of drug-likeness (QED) is 0.524. The van der Waals surface area contributed by atoms with Gasteiger partial charge in [0.1, 0.15) is 0 Å². The smallest absolute Gasteiger partial charge is 0.0574 e. The molecule has 0 amide bonds. The molecule has 0 aromatic heterocycles. The molecule has 3 unspecified atom stereocenters. The molecule has 1 nitrogen and oxygen atoms in total. The Bertz CT molecular complexity index is 206. The number of hydrogen-bond donors (Lipinski definition) is 1. The van der Waals surface area contributed by atoms with Gasteiger partial charge in [-0.3, -0.25) is 0 Å². The summed E-state index contributed by atoms with van der Waals surface area (Å²) >= 11 is 0. The first-order valence-corrected chi connectivity index (χ1v) is 4.56. The average Bonchev–Trinajstić information content (AvgIpc) is 2.51. The minimum absolute atomic E-state index is 0.106. The molecule has 3 bridgehead atoms. The largest absolute Gasteiger partial charge is 0.393 e. The molecular formula is C9H12O. The molecule has 5 aliphatic rings. The van der Waals surface area contributed by atoms with Gasteiger partial charge in [-0.15, -0.1) is 0 Å². The number of fused-ring (bicyclic) bond motifs is 1. The van der Waals surface area contributed by atoms with Crippen LogP contribution < -0.4 is 0 Å². The second-order valence-corrected chi connectivity index (χ2v) is 4.76. The van der Waals surface area contributed by atoms with Crippen molar-refractivity contribution in [1.29, 1.82) is 0 Å². The standard InChI is InChI=1S/C9H12O/c10-6-2-4-3-1-5(6)9-7(3)8(4)9/h3-10H,1-2H2/t3-,4+,5+,6+,7?,8?,9?/m1/s1. The summed E-state index contributed by atoms with van der Waals surface area (Å²) in [6.45, 7) is 0. The Labute approximate surface area is 60.4 Å². The third-order valence-corrected chi connectivity index (χ3v) is 4.78. The van der Waals surface area contributed by atoms with Crippen molar-refractivity contribution in [3.05, 3.63) is 0 Å². The lowest BCUT2D eigenvalue weighted by molar-refractivity contribution is -0.0442. The maximum atomic E-state index is 9.61. The molecule has 5 aliphatic carbocycles. The number of aliphatic hydroxyl groups excluding tert-OH is 1. The topological polar surface area (TPSA) is 20.2 Å². The molecule has 0 aromatic carbocycles. The zero-order valence-corrected chi connectivity index (χ0v) is 5.90. The summed E-state index contributed by atoms with van der Waals surface area (Å²) in [4.78, 5) is 0. The van der Waals surface area contributed by atoms with Gasteiger partial charge in [-0.2, -0.15) is 0 Å². The van der Waals surface area contributed by atoms with E-state index in [9.17, 15) is 5.11 Å². The fourth-order valence-corrected chi connectivity index (χ4v) is 4.53. The summed E-state index contributed by atoms with van der Waals surface area (Å²) in [6.07, 6.45) is 2.65. The lowest BCUT2D eigenvalue weighted by Crippen LogP contribution is -2.43. The molecule has 0 aliphatic heterocycles. The van der Waals surface area contributed by atoms with E-state index in [1.165, 1.54) is 6.42 Å². The van der Waals surface area contributed by atoms with E-state index in [1.54, 1.807) is 0 Å². The van der Waals surface area contributed by atoms with Gasteiger partial charge in [0.2, 0.25) is 0 Å². The predicted molar refractivity (Wildman–Crippen MR) is 36.2 cm³/mol. The Kier molecular flexibility index (Phi) is 0.513. The summed E-state index contributed by atoms with van der Waals surface area (Å²) in [5.74, 6) is 6.07. The third kappa shape index (κ3) is 0.268. The van der Waals surface area contributed by atoms with E-state index in [1.807, 2.05) is 0 Å². The van der Waals surface area contributed by atoms with Gasteiger partial charge in [0, 0.05) is 0 Å². The van der Waals surface area contributed by atoms with Gasteiger partial charge >= 0.3 is 0 Å². The lowest BCUT2D eigenvalue weighted by Gasteiger charge is -2.46.